The summed E-state index contributed by atoms with van der Waals surface area (Å²) in [6.07, 6.45) is 0.711. The highest BCUT2D eigenvalue weighted by Gasteiger charge is 2.44. The minimum atomic E-state index is -0.422. The van der Waals surface area contributed by atoms with E-state index in [1.165, 1.54) is 0 Å². The number of nitrogens with zero attached hydrogens (tertiary/aromatic N) is 1. The first kappa shape index (κ1) is 18.4. The third-order valence-corrected chi connectivity index (χ3v) is 4.45. The molecule has 2 atom stereocenters. The summed E-state index contributed by atoms with van der Waals surface area (Å²) in [7, 11) is 1.60. The Balaban J connectivity index is 2.26. The van der Waals surface area contributed by atoms with Crippen LogP contribution in [0.15, 0.2) is 24.3 Å². The van der Waals surface area contributed by atoms with Crippen molar-refractivity contribution in [3.63, 3.8) is 0 Å². The smallest absolute Gasteiger partial charge is 0.226 e. The molecule has 6 nitrogen and oxygen atoms in total. The number of hydrogen-bond donors (Lipinski definition) is 2. The van der Waals surface area contributed by atoms with Crippen LogP contribution >= 0.6 is 0 Å². The molecule has 2 N–H and O–H groups in total. The molecule has 6 heteroatoms. The van der Waals surface area contributed by atoms with Crippen molar-refractivity contribution in [3.8, 4) is 0 Å². The number of amides is 2. The fourth-order valence-electron chi connectivity index (χ4n) is 3.20. The highest BCUT2D eigenvalue weighted by atomic mass is 16.5. The summed E-state index contributed by atoms with van der Waals surface area (Å²) in [5.41, 5.74) is 2.06. The van der Waals surface area contributed by atoms with Gasteiger partial charge < -0.3 is 20.1 Å². The van der Waals surface area contributed by atoms with Gasteiger partial charge in [0.25, 0.3) is 0 Å². The fraction of sp³-hybridized carbons (Fsp3) is 0.556. The Hall–Kier alpha value is -1.92. The average molecular weight is 334 g/mol. The lowest BCUT2D eigenvalue weighted by atomic mass is 9.90. The molecule has 0 spiro atoms. The van der Waals surface area contributed by atoms with Crippen LogP contribution in [0.25, 0.3) is 0 Å². The van der Waals surface area contributed by atoms with Crippen LogP contribution < -0.4 is 5.32 Å². The Morgan fingerprint density at radius 2 is 2.17 bits per heavy atom. The van der Waals surface area contributed by atoms with E-state index < -0.39 is 5.92 Å². The molecular formula is C18H26N2O4. The SMILES string of the molecule is COCCN1C(=O)C[C@@H](C(=O)NCCCO)[C@@H]1c1ccccc1C. The van der Waals surface area contributed by atoms with Crippen molar-refractivity contribution >= 4 is 11.8 Å². The zero-order valence-electron chi connectivity index (χ0n) is 14.3. The molecule has 1 aliphatic heterocycles. The van der Waals surface area contributed by atoms with Gasteiger partial charge in [-0.1, -0.05) is 24.3 Å². The maximum Gasteiger partial charge on any atom is 0.226 e. The lowest BCUT2D eigenvalue weighted by Gasteiger charge is -2.29. The number of carbonyl (C=O) groups is 2. The molecule has 0 unspecified atom stereocenters. The highest BCUT2D eigenvalue weighted by Crippen LogP contribution is 2.39. The van der Waals surface area contributed by atoms with Crippen LogP contribution in [0.4, 0.5) is 0 Å². The van der Waals surface area contributed by atoms with E-state index in [9.17, 15) is 9.59 Å². The second-order valence-corrected chi connectivity index (χ2v) is 6.06. The first-order chi connectivity index (χ1) is 11.6. The molecule has 2 rings (SSSR count). The number of rotatable bonds is 8. The van der Waals surface area contributed by atoms with Gasteiger partial charge in [-0.25, -0.2) is 0 Å². The molecule has 1 fully saturated rings. The van der Waals surface area contributed by atoms with Gasteiger partial charge in [-0.2, -0.15) is 0 Å². The van der Waals surface area contributed by atoms with Gasteiger partial charge >= 0.3 is 0 Å². The van der Waals surface area contributed by atoms with Crippen molar-refractivity contribution in [2.24, 2.45) is 5.92 Å². The van der Waals surface area contributed by atoms with Crippen molar-refractivity contribution in [2.45, 2.75) is 25.8 Å². The summed E-state index contributed by atoms with van der Waals surface area (Å²) in [5.74, 6) is -0.582. The first-order valence-corrected chi connectivity index (χ1v) is 8.32. The van der Waals surface area contributed by atoms with E-state index in [1.807, 2.05) is 31.2 Å². The molecule has 132 valence electrons. The van der Waals surface area contributed by atoms with Crippen LogP contribution in [0, 0.1) is 12.8 Å². The zero-order valence-corrected chi connectivity index (χ0v) is 14.3. The molecule has 0 radical (unpaired) electrons. The monoisotopic (exact) mass is 334 g/mol. The van der Waals surface area contributed by atoms with Crippen molar-refractivity contribution in [3.05, 3.63) is 35.4 Å². The van der Waals surface area contributed by atoms with E-state index >= 15 is 0 Å². The molecule has 1 aliphatic rings. The van der Waals surface area contributed by atoms with E-state index in [0.29, 0.717) is 26.1 Å². The van der Waals surface area contributed by atoms with Gasteiger partial charge in [-0.15, -0.1) is 0 Å². The molecule has 0 aliphatic carbocycles. The Kier molecular flexibility index (Phi) is 6.75. The van der Waals surface area contributed by atoms with Gasteiger partial charge in [0.2, 0.25) is 11.8 Å². The maximum absolute atomic E-state index is 12.6. The number of ether oxygens (including phenoxy) is 1. The number of carbonyl (C=O) groups excluding carboxylic acids is 2. The predicted octanol–water partition coefficient (Wildman–Crippen LogP) is 1.03. The van der Waals surface area contributed by atoms with Gasteiger partial charge in [-0.3, -0.25) is 9.59 Å². The number of likely N-dealkylation sites (tertiary alicyclic amines) is 1. The minimum absolute atomic E-state index is 0.0254. The summed E-state index contributed by atoms with van der Waals surface area (Å²) in [6, 6.07) is 7.58. The van der Waals surface area contributed by atoms with Crippen molar-refractivity contribution < 1.29 is 19.4 Å². The van der Waals surface area contributed by atoms with Crippen LogP contribution in [0.1, 0.15) is 30.0 Å². The molecule has 1 aromatic rings. The van der Waals surface area contributed by atoms with E-state index in [0.717, 1.165) is 11.1 Å². The van der Waals surface area contributed by atoms with Crippen LogP contribution in [-0.4, -0.2) is 55.2 Å². The Morgan fingerprint density at radius 3 is 2.83 bits per heavy atom. The lowest BCUT2D eigenvalue weighted by Crippen LogP contribution is -2.37. The van der Waals surface area contributed by atoms with Crippen LogP contribution in [-0.2, 0) is 14.3 Å². The molecular weight excluding hydrogens is 308 g/mol. The average Bonchev–Trinajstić information content (AvgIpc) is 2.90. The number of aryl methyl sites for hydroxylation is 1. The fourth-order valence-corrected chi connectivity index (χ4v) is 3.20. The third kappa shape index (κ3) is 4.13. The number of methoxy groups -OCH3 is 1. The number of aliphatic hydroxyl groups is 1. The molecule has 0 saturated carbocycles. The normalized spacial score (nSPS) is 20.5. The van der Waals surface area contributed by atoms with Crippen molar-refractivity contribution in [2.75, 3.05) is 33.4 Å². The summed E-state index contributed by atoms with van der Waals surface area (Å²) in [6.45, 7) is 3.35. The first-order valence-electron chi connectivity index (χ1n) is 8.32. The number of nitrogens with one attached hydrogen (secondary N) is 1. The van der Waals surface area contributed by atoms with E-state index in [1.54, 1.807) is 12.0 Å². The molecule has 1 aromatic carbocycles. The summed E-state index contributed by atoms with van der Waals surface area (Å²) in [5, 5.41) is 11.7. The molecule has 1 saturated heterocycles. The second-order valence-electron chi connectivity index (χ2n) is 6.06. The van der Waals surface area contributed by atoms with E-state index in [4.69, 9.17) is 9.84 Å². The Morgan fingerprint density at radius 1 is 1.42 bits per heavy atom. The molecule has 24 heavy (non-hydrogen) atoms. The van der Waals surface area contributed by atoms with Gasteiger partial charge in [-0.05, 0) is 24.5 Å². The summed E-state index contributed by atoms with van der Waals surface area (Å²) < 4.78 is 5.12. The lowest BCUT2D eigenvalue weighted by molar-refractivity contribution is -0.129. The van der Waals surface area contributed by atoms with Gasteiger partial charge in [0, 0.05) is 33.2 Å². The standard InChI is InChI=1S/C18H26N2O4/c1-13-6-3-4-7-14(13)17-15(18(23)19-8-5-10-21)12-16(22)20(17)9-11-24-2/h3-4,6-7,15,17,21H,5,8-12H2,1-2H3,(H,19,23)/t15-,17+/m1/s1. The van der Waals surface area contributed by atoms with Crippen LogP contribution in [0.3, 0.4) is 0 Å². The number of aliphatic hydroxyl groups excluding tert-OH is 1. The highest BCUT2D eigenvalue weighted by molar-refractivity contribution is 5.90. The topological polar surface area (TPSA) is 78.9 Å². The maximum atomic E-state index is 12.6. The third-order valence-electron chi connectivity index (χ3n) is 4.45. The minimum Gasteiger partial charge on any atom is -0.396 e. The van der Waals surface area contributed by atoms with Gasteiger partial charge in [0.05, 0.1) is 18.6 Å². The van der Waals surface area contributed by atoms with Crippen LogP contribution in [0.5, 0.6) is 0 Å². The quantitative estimate of drug-likeness (QED) is 0.696. The number of hydrogen-bond acceptors (Lipinski definition) is 4. The van der Waals surface area contributed by atoms with Gasteiger partial charge in [0.1, 0.15) is 0 Å². The zero-order chi connectivity index (χ0) is 17.5. The van der Waals surface area contributed by atoms with Gasteiger partial charge in [0.15, 0.2) is 0 Å². The van der Waals surface area contributed by atoms with Crippen LogP contribution in [0.2, 0.25) is 0 Å². The largest absolute Gasteiger partial charge is 0.396 e. The Bertz CT molecular complexity index is 576. The molecule has 2 amide bonds. The molecule has 1 heterocycles. The molecule has 0 aromatic heterocycles. The van der Waals surface area contributed by atoms with Crippen molar-refractivity contribution in [1.29, 1.82) is 0 Å². The number of benzene rings is 1. The Labute approximate surface area is 142 Å². The molecule has 0 bridgehead atoms. The predicted molar refractivity (Wildman–Crippen MR) is 90.3 cm³/mol. The summed E-state index contributed by atoms with van der Waals surface area (Å²) in [4.78, 5) is 26.8. The van der Waals surface area contributed by atoms with Crippen molar-refractivity contribution in [1.82, 2.24) is 10.2 Å². The van der Waals surface area contributed by atoms with E-state index in [-0.39, 0.29) is 30.9 Å². The van der Waals surface area contributed by atoms with E-state index in [2.05, 4.69) is 5.32 Å². The summed E-state index contributed by atoms with van der Waals surface area (Å²) >= 11 is 0. The second kappa shape index (κ2) is 8.80.